The Hall–Kier alpha value is -4.11. The first-order chi connectivity index (χ1) is 18.8. The van der Waals surface area contributed by atoms with Crippen LogP contribution in [-0.4, -0.2) is 74.6 Å². The first-order valence-corrected chi connectivity index (χ1v) is 12.1. The molecule has 1 saturated carbocycles. The van der Waals surface area contributed by atoms with Gasteiger partial charge in [-0.2, -0.15) is 18.3 Å². The Morgan fingerprint density at radius 3 is 2.60 bits per heavy atom. The second kappa shape index (κ2) is 9.82. The lowest BCUT2D eigenvalue weighted by Crippen LogP contribution is -2.42. The highest BCUT2D eigenvalue weighted by atomic mass is 19.4. The van der Waals surface area contributed by atoms with Gasteiger partial charge in [-0.05, 0) is 18.6 Å². The van der Waals surface area contributed by atoms with Crippen molar-refractivity contribution in [3.8, 4) is 17.1 Å². The Morgan fingerprint density at radius 1 is 1.20 bits per heavy atom. The largest absolute Gasteiger partial charge is 0.480 e. The number of fused-ring (bicyclic) bond motifs is 1. The minimum atomic E-state index is -4.79. The van der Waals surface area contributed by atoms with Gasteiger partial charge in [-0.1, -0.05) is 0 Å². The number of nitrogens with zero attached hydrogens (tertiary/aromatic N) is 5. The minimum absolute atomic E-state index is 0.00693. The molecule has 2 fully saturated rings. The van der Waals surface area contributed by atoms with Gasteiger partial charge in [0.15, 0.2) is 5.82 Å². The normalized spacial score (nSPS) is 22.6. The first-order valence-electron chi connectivity index (χ1n) is 12.1. The van der Waals surface area contributed by atoms with Gasteiger partial charge in [-0.3, -0.25) is 9.59 Å². The molecule has 3 N–H and O–H groups in total. The molecule has 3 aromatic rings. The number of methoxy groups -OCH3 is 1. The van der Waals surface area contributed by atoms with E-state index in [0.717, 1.165) is 21.8 Å². The molecule has 10 nitrogen and oxygen atoms in total. The molecule has 3 aromatic heterocycles. The lowest BCUT2D eigenvalue weighted by atomic mass is 10.1. The summed E-state index contributed by atoms with van der Waals surface area (Å²) in [5.74, 6) is -5.94. The maximum absolute atomic E-state index is 14.8. The van der Waals surface area contributed by atoms with Crippen LogP contribution in [0.2, 0.25) is 0 Å². The smallest absolute Gasteiger partial charge is 0.418 e. The number of carbonyl (C=O) groups excluding carboxylic acids is 2. The maximum atomic E-state index is 14.8. The van der Waals surface area contributed by atoms with Crippen molar-refractivity contribution in [3.63, 3.8) is 0 Å². The van der Waals surface area contributed by atoms with Crippen LogP contribution in [0.4, 0.5) is 32.2 Å². The average Bonchev–Trinajstić information content (AvgIpc) is 3.58. The van der Waals surface area contributed by atoms with Crippen molar-refractivity contribution < 1.29 is 40.7 Å². The van der Waals surface area contributed by atoms with Crippen LogP contribution in [0.15, 0.2) is 24.7 Å². The van der Waals surface area contributed by atoms with Crippen LogP contribution in [-0.2, 0) is 11.0 Å². The van der Waals surface area contributed by atoms with Crippen molar-refractivity contribution in [1.82, 2.24) is 29.8 Å². The number of likely N-dealkylation sites (tertiary alicyclic amines) is 1. The summed E-state index contributed by atoms with van der Waals surface area (Å²) in [6.07, 6.45) is -5.36. The highest BCUT2D eigenvalue weighted by Gasteiger charge is 2.46. The van der Waals surface area contributed by atoms with Crippen LogP contribution in [0.1, 0.15) is 35.2 Å². The van der Waals surface area contributed by atoms with E-state index in [-0.39, 0.29) is 42.2 Å². The number of pyridine rings is 1. The number of rotatable bonds is 5. The zero-order chi connectivity index (χ0) is 29.0. The Labute approximate surface area is 222 Å². The van der Waals surface area contributed by atoms with Crippen LogP contribution in [0.5, 0.6) is 5.88 Å². The van der Waals surface area contributed by atoms with Crippen LogP contribution >= 0.6 is 0 Å². The Bertz CT molecular complexity index is 1480. The highest BCUT2D eigenvalue weighted by molar-refractivity contribution is 5.98. The molecule has 2 amide bonds. The number of anilines is 1. The average molecular weight is 571 g/mol. The molecule has 0 aromatic carbocycles. The molecule has 214 valence electrons. The van der Waals surface area contributed by atoms with Gasteiger partial charge in [-0.25, -0.2) is 27.7 Å². The molecule has 1 aliphatic carbocycles. The second-order valence-corrected chi connectivity index (χ2v) is 9.76. The highest BCUT2D eigenvalue weighted by Crippen LogP contribution is 2.41. The summed E-state index contributed by atoms with van der Waals surface area (Å²) in [6.45, 7) is -0.615. The molecule has 1 unspecified atom stereocenters. The summed E-state index contributed by atoms with van der Waals surface area (Å²) in [5, 5.41) is 6.32. The fraction of sp³-hybridized carbons (Fsp3) is 0.458. The maximum Gasteiger partial charge on any atom is 0.418 e. The Balaban J connectivity index is 1.40. The zero-order valence-electron chi connectivity index (χ0n) is 20.9. The summed E-state index contributed by atoms with van der Waals surface area (Å²) in [5.41, 5.74) is 3.82. The monoisotopic (exact) mass is 571 g/mol. The number of nitrogens with one attached hydrogen (secondary N) is 1. The van der Waals surface area contributed by atoms with Gasteiger partial charge in [0, 0.05) is 37.1 Å². The van der Waals surface area contributed by atoms with Gasteiger partial charge in [0.25, 0.3) is 5.91 Å². The number of nitrogen functional groups attached to an aromatic ring is 1. The molecule has 16 heteroatoms. The third-order valence-electron chi connectivity index (χ3n) is 7.10. The fourth-order valence-corrected chi connectivity index (χ4v) is 5.15. The van der Waals surface area contributed by atoms with Gasteiger partial charge in [0.1, 0.15) is 23.6 Å². The quantitative estimate of drug-likeness (QED) is 0.451. The van der Waals surface area contributed by atoms with E-state index in [9.17, 15) is 35.9 Å². The molecule has 0 spiro atoms. The number of amides is 2. The predicted molar refractivity (Wildman–Crippen MR) is 127 cm³/mol. The lowest BCUT2D eigenvalue weighted by Gasteiger charge is -2.20. The topological polar surface area (TPSA) is 128 Å². The molecule has 1 aliphatic heterocycles. The molecule has 4 heterocycles. The summed E-state index contributed by atoms with van der Waals surface area (Å²) < 4.78 is 89.1. The SMILES string of the molecule is COc1ncc(-c2cc(C(F)(F)F)c3c(N)ncnn23)cc1C(=O)N[C@@H]1CN(C(=O)C2CCC(F)(F)C2)C[C@@H]1F. The summed E-state index contributed by atoms with van der Waals surface area (Å²) in [6, 6.07) is 0.828. The molecule has 0 bridgehead atoms. The summed E-state index contributed by atoms with van der Waals surface area (Å²) in [4.78, 5) is 34.6. The number of hydrogen-bond acceptors (Lipinski definition) is 7. The van der Waals surface area contributed by atoms with Crippen molar-refractivity contribution in [2.45, 2.75) is 43.6 Å². The third kappa shape index (κ3) is 4.97. The van der Waals surface area contributed by atoms with Crippen molar-refractivity contribution in [3.05, 3.63) is 35.8 Å². The number of carbonyl (C=O) groups is 2. The predicted octanol–water partition coefficient (Wildman–Crippen LogP) is 3.12. The van der Waals surface area contributed by atoms with E-state index in [4.69, 9.17) is 10.5 Å². The molecule has 40 heavy (non-hydrogen) atoms. The number of aromatic nitrogens is 4. The van der Waals surface area contributed by atoms with E-state index in [1.54, 1.807) is 0 Å². The van der Waals surface area contributed by atoms with E-state index < -0.39 is 71.8 Å². The van der Waals surface area contributed by atoms with E-state index in [0.29, 0.717) is 0 Å². The van der Waals surface area contributed by atoms with Crippen LogP contribution < -0.4 is 15.8 Å². The Kier molecular flexibility index (Phi) is 6.74. The first kappa shape index (κ1) is 27.5. The van der Waals surface area contributed by atoms with Gasteiger partial charge in [0.05, 0.1) is 31.0 Å². The third-order valence-corrected chi connectivity index (χ3v) is 7.10. The summed E-state index contributed by atoms with van der Waals surface area (Å²) in [7, 11) is 1.21. The van der Waals surface area contributed by atoms with Crippen LogP contribution in [0.25, 0.3) is 16.8 Å². The van der Waals surface area contributed by atoms with Crippen molar-refractivity contribution in [2.24, 2.45) is 5.92 Å². The van der Waals surface area contributed by atoms with Gasteiger partial charge >= 0.3 is 6.18 Å². The van der Waals surface area contributed by atoms with E-state index in [1.807, 2.05) is 0 Å². The molecule has 3 atom stereocenters. The number of halogens is 6. The molecule has 0 radical (unpaired) electrons. The standard InChI is InChI=1S/C24H23F6N7O3/c1-40-21-13(20(38)35-16-9-36(8-15(16)25)22(39)11-2-3-23(26,27)6-11)4-12(7-32-21)17-5-14(24(28,29)30)18-19(31)33-10-34-37(17)18/h4-5,7,10-11,15-16H,2-3,6,8-9H2,1H3,(H,35,38)(H2,31,33,34)/t11?,15-,16+/m0/s1. The van der Waals surface area contributed by atoms with Gasteiger partial charge < -0.3 is 20.7 Å². The molecule has 2 aliphatic rings. The lowest BCUT2D eigenvalue weighted by molar-refractivity contribution is -0.136. The van der Waals surface area contributed by atoms with Crippen LogP contribution in [0.3, 0.4) is 0 Å². The van der Waals surface area contributed by atoms with Crippen molar-refractivity contribution >= 4 is 23.1 Å². The van der Waals surface area contributed by atoms with E-state index in [1.165, 1.54) is 19.4 Å². The van der Waals surface area contributed by atoms with E-state index in [2.05, 4.69) is 20.4 Å². The number of nitrogens with two attached hydrogens (primary N) is 1. The number of hydrogen-bond donors (Lipinski definition) is 2. The number of alkyl halides is 6. The second-order valence-electron chi connectivity index (χ2n) is 9.76. The van der Waals surface area contributed by atoms with Crippen molar-refractivity contribution in [2.75, 3.05) is 25.9 Å². The van der Waals surface area contributed by atoms with Gasteiger partial charge in [0.2, 0.25) is 17.7 Å². The van der Waals surface area contributed by atoms with Gasteiger partial charge in [-0.15, -0.1) is 0 Å². The summed E-state index contributed by atoms with van der Waals surface area (Å²) >= 11 is 0. The molecular weight excluding hydrogens is 548 g/mol. The fourth-order valence-electron chi connectivity index (χ4n) is 5.15. The molecule has 1 saturated heterocycles. The molecular formula is C24H23F6N7O3. The van der Waals surface area contributed by atoms with Crippen LogP contribution in [0, 0.1) is 5.92 Å². The van der Waals surface area contributed by atoms with Crippen molar-refractivity contribution in [1.29, 1.82) is 0 Å². The minimum Gasteiger partial charge on any atom is -0.480 e. The molecule has 5 rings (SSSR count). The zero-order valence-corrected chi connectivity index (χ0v) is 20.9. The Morgan fingerprint density at radius 2 is 1.95 bits per heavy atom. The van der Waals surface area contributed by atoms with E-state index >= 15 is 0 Å². The number of ether oxygens (including phenoxy) is 1.